The van der Waals surface area contributed by atoms with Crippen molar-refractivity contribution in [1.82, 2.24) is 4.98 Å². The number of pyridine rings is 1. The van der Waals surface area contributed by atoms with Crippen molar-refractivity contribution in [2.75, 3.05) is 11.1 Å². The molecule has 0 saturated heterocycles. The first-order valence-corrected chi connectivity index (χ1v) is 7.65. The van der Waals surface area contributed by atoms with E-state index in [-0.39, 0.29) is 0 Å². The van der Waals surface area contributed by atoms with E-state index in [2.05, 4.69) is 26.2 Å². The molecule has 0 unspecified atom stereocenters. The number of hydrogen-bond acceptors (Lipinski definition) is 3. The molecule has 3 N–H and O–H groups in total. The Morgan fingerprint density at radius 2 is 1.76 bits per heavy atom. The van der Waals surface area contributed by atoms with Crippen molar-refractivity contribution >= 4 is 67.1 Å². The first-order valence-electron chi connectivity index (χ1n) is 6.10. The molecule has 6 heteroatoms. The van der Waals surface area contributed by atoms with Gasteiger partial charge in [-0.25, -0.2) is 0 Å². The Labute approximate surface area is 140 Å². The third kappa shape index (κ3) is 3.07. The average molecular weight is 383 g/mol. The fourth-order valence-corrected chi connectivity index (χ4v) is 2.98. The van der Waals surface area contributed by atoms with Crippen LogP contribution >= 0.6 is 39.1 Å². The van der Waals surface area contributed by atoms with Gasteiger partial charge in [-0.05, 0) is 36.4 Å². The van der Waals surface area contributed by atoms with Crippen LogP contribution in [-0.4, -0.2) is 4.98 Å². The molecule has 1 aromatic heterocycles. The highest BCUT2D eigenvalue weighted by atomic mass is 79.9. The summed E-state index contributed by atoms with van der Waals surface area (Å²) in [6.45, 7) is 0. The van der Waals surface area contributed by atoms with Crippen LogP contribution in [0, 0.1) is 0 Å². The molecule has 0 aliphatic heterocycles. The first-order chi connectivity index (χ1) is 10.0. The van der Waals surface area contributed by atoms with Gasteiger partial charge in [-0.2, -0.15) is 0 Å². The number of nitrogen functional groups attached to an aromatic ring is 1. The molecule has 0 fully saturated rings. The molecule has 1 heterocycles. The summed E-state index contributed by atoms with van der Waals surface area (Å²) in [6, 6.07) is 11.1. The van der Waals surface area contributed by atoms with Crippen molar-refractivity contribution in [3.8, 4) is 0 Å². The Balaban J connectivity index is 2.15. The Hall–Kier alpha value is -1.49. The number of fused-ring (bicyclic) bond motifs is 1. The zero-order chi connectivity index (χ0) is 15.0. The lowest BCUT2D eigenvalue weighted by Gasteiger charge is -2.13. The molecule has 3 rings (SSSR count). The summed E-state index contributed by atoms with van der Waals surface area (Å²) in [7, 11) is 0. The summed E-state index contributed by atoms with van der Waals surface area (Å²) >= 11 is 15.5. The normalized spacial score (nSPS) is 10.8. The van der Waals surface area contributed by atoms with Crippen LogP contribution in [0.5, 0.6) is 0 Å². The molecule has 0 atom stereocenters. The van der Waals surface area contributed by atoms with E-state index >= 15 is 0 Å². The number of hydrogen-bond donors (Lipinski definition) is 2. The first kappa shape index (κ1) is 14.4. The van der Waals surface area contributed by atoms with Crippen LogP contribution in [0.25, 0.3) is 10.9 Å². The van der Waals surface area contributed by atoms with E-state index in [0.717, 1.165) is 26.8 Å². The van der Waals surface area contributed by atoms with Gasteiger partial charge in [0.25, 0.3) is 0 Å². The molecular weight excluding hydrogens is 373 g/mol. The van der Waals surface area contributed by atoms with Crippen LogP contribution in [0.1, 0.15) is 0 Å². The molecule has 0 radical (unpaired) electrons. The molecule has 0 aliphatic carbocycles. The van der Waals surface area contributed by atoms with Gasteiger partial charge in [0.2, 0.25) is 0 Å². The van der Waals surface area contributed by atoms with Crippen LogP contribution in [0.3, 0.4) is 0 Å². The van der Waals surface area contributed by atoms with Gasteiger partial charge in [0.1, 0.15) is 0 Å². The van der Waals surface area contributed by atoms with Crippen LogP contribution in [0.4, 0.5) is 17.1 Å². The molecule has 3 aromatic rings. The van der Waals surface area contributed by atoms with Gasteiger partial charge < -0.3 is 11.1 Å². The smallest absolute Gasteiger partial charge is 0.0746 e. The van der Waals surface area contributed by atoms with E-state index in [4.69, 9.17) is 28.9 Å². The maximum atomic E-state index is 6.05. The molecule has 0 bridgehead atoms. The largest absolute Gasteiger partial charge is 0.396 e. The van der Waals surface area contributed by atoms with E-state index in [1.165, 1.54) is 0 Å². The quantitative estimate of drug-likeness (QED) is 0.603. The standard InChI is InChI=1S/C15H10BrCl2N3/c16-8-1-2-14-12(3-8)15(13(19)7-20-14)21-11-5-9(17)4-10(18)6-11/h1-7H,19H2,(H,20,21). The highest BCUT2D eigenvalue weighted by Gasteiger charge is 2.08. The minimum Gasteiger partial charge on any atom is -0.396 e. The van der Waals surface area contributed by atoms with E-state index in [1.54, 1.807) is 24.4 Å². The third-order valence-corrected chi connectivity index (χ3v) is 3.92. The maximum Gasteiger partial charge on any atom is 0.0746 e. The van der Waals surface area contributed by atoms with Gasteiger partial charge in [-0.1, -0.05) is 39.1 Å². The zero-order valence-corrected chi connectivity index (χ0v) is 13.8. The summed E-state index contributed by atoms with van der Waals surface area (Å²) in [5.41, 5.74) is 9.00. The minimum absolute atomic E-state index is 0.552. The Bertz CT molecular complexity index is 811. The minimum atomic E-state index is 0.552. The van der Waals surface area contributed by atoms with E-state index in [0.29, 0.717) is 15.7 Å². The maximum absolute atomic E-state index is 6.05. The van der Waals surface area contributed by atoms with Crippen LogP contribution in [-0.2, 0) is 0 Å². The van der Waals surface area contributed by atoms with Gasteiger partial charge in [-0.3, -0.25) is 4.98 Å². The van der Waals surface area contributed by atoms with Crippen LogP contribution < -0.4 is 11.1 Å². The second-order valence-electron chi connectivity index (χ2n) is 4.53. The van der Waals surface area contributed by atoms with Gasteiger partial charge >= 0.3 is 0 Å². The number of aromatic nitrogens is 1. The fraction of sp³-hybridized carbons (Fsp3) is 0. The molecule has 0 saturated carbocycles. The zero-order valence-electron chi connectivity index (χ0n) is 10.7. The number of benzene rings is 2. The third-order valence-electron chi connectivity index (χ3n) is 2.99. The van der Waals surface area contributed by atoms with Gasteiger partial charge in [0.15, 0.2) is 0 Å². The number of nitrogens with one attached hydrogen (secondary N) is 1. The highest BCUT2D eigenvalue weighted by molar-refractivity contribution is 9.10. The Morgan fingerprint density at radius 3 is 2.48 bits per heavy atom. The number of nitrogens with zero attached hydrogens (tertiary/aromatic N) is 1. The Morgan fingerprint density at radius 1 is 1.05 bits per heavy atom. The molecule has 0 aliphatic rings. The lowest BCUT2D eigenvalue weighted by atomic mass is 10.1. The topological polar surface area (TPSA) is 50.9 Å². The van der Waals surface area contributed by atoms with Crippen molar-refractivity contribution in [1.29, 1.82) is 0 Å². The predicted octanol–water partition coefficient (Wildman–Crippen LogP) is 5.63. The van der Waals surface area contributed by atoms with Crippen molar-refractivity contribution < 1.29 is 0 Å². The number of rotatable bonds is 2. The molecule has 3 nitrogen and oxygen atoms in total. The van der Waals surface area contributed by atoms with E-state index in [1.807, 2.05) is 18.2 Å². The predicted molar refractivity (Wildman–Crippen MR) is 93.6 cm³/mol. The number of halogens is 3. The lowest BCUT2D eigenvalue weighted by molar-refractivity contribution is 1.40. The van der Waals surface area contributed by atoms with Gasteiger partial charge in [-0.15, -0.1) is 0 Å². The van der Waals surface area contributed by atoms with E-state index in [9.17, 15) is 0 Å². The monoisotopic (exact) mass is 381 g/mol. The van der Waals surface area contributed by atoms with Crippen molar-refractivity contribution in [2.45, 2.75) is 0 Å². The number of anilines is 3. The molecule has 2 aromatic carbocycles. The summed E-state index contributed by atoms with van der Waals surface area (Å²) in [5, 5.41) is 5.30. The van der Waals surface area contributed by atoms with Gasteiger partial charge in [0, 0.05) is 25.6 Å². The van der Waals surface area contributed by atoms with Crippen molar-refractivity contribution in [3.63, 3.8) is 0 Å². The lowest BCUT2D eigenvalue weighted by Crippen LogP contribution is -1.99. The molecule has 21 heavy (non-hydrogen) atoms. The average Bonchev–Trinajstić information content (AvgIpc) is 2.41. The highest BCUT2D eigenvalue weighted by Crippen LogP contribution is 2.33. The van der Waals surface area contributed by atoms with Crippen LogP contribution in [0.2, 0.25) is 10.0 Å². The van der Waals surface area contributed by atoms with Gasteiger partial charge in [0.05, 0.1) is 23.1 Å². The molecule has 106 valence electrons. The summed E-state index contributed by atoms with van der Waals surface area (Å²) in [6.07, 6.45) is 1.63. The fourth-order valence-electron chi connectivity index (χ4n) is 2.09. The Kier molecular flexibility index (Phi) is 3.93. The molecular formula is C15H10BrCl2N3. The number of nitrogens with two attached hydrogens (primary N) is 1. The van der Waals surface area contributed by atoms with Crippen molar-refractivity contribution in [3.05, 3.63) is 57.1 Å². The summed E-state index contributed by atoms with van der Waals surface area (Å²) < 4.78 is 0.953. The second-order valence-corrected chi connectivity index (χ2v) is 6.32. The van der Waals surface area contributed by atoms with Crippen LogP contribution in [0.15, 0.2) is 47.1 Å². The van der Waals surface area contributed by atoms with Crippen molar-refractivity contribution in [2.24, 2.45) is 0 Å². The summed E-state index contributed by atoms with van der Waals surface area (Å²) in [4.78, 5) is 4.32. The SMILES string of the molecule is Nc1cnc2ccc(Br)cc2c1Nc1cc(Cl)cc(Cl)c1. The van der Waals surface area contributed by atoms with E-state index < -0.39 is 0 Å². The summed E-state index contributed by atoms with van der Waals surface area (Å²) in [5.74, 6) is 0. The second kappa shape index (κ2) is 5.72. The molecule has 0 amide bonds. The molecule has 0 spiro atoms.